The predicted octanol–water partition coefficient (Wildman–Crippen LogP) is 3.37. The molecule has 0 aliphatic heterocycles. The van der Waals surface area contributed by atoms with E-state index in [1.165, 1.54) is 25.1 Å². The molecule has 0 bridgehead atoms. The molecule has 0 spiro atoms. The molecular weight excluding hydrogens is 234 g/mol. The lowest BCUT2D eigenvalue weighted by molar-refractivity contribution is -0.385. The van der Waals surface area contributed by atoms with Crippen molar-refractivity contribution in [3.05, 3.63) is 33.9 Å². The third kappa shape index (κ3) is 3.84. The molecule has 0 radical (unpaired) electrons. The number of Topliss-reactive ketones (excluding diaryl/α,β-unsaturated/α-hetero) is 1. The standard InChI is InChI=1S/C13H17NO4/c1-3-4-5-8-18-11-6-7-13(14(16)17)12(9-11)10(2)15/h6-7,9H,3-5,8H2,1-2H3. The fraction of sp³-hybridized carbons (Fsp3) is 0.462. The number of rotatable bonds is 7. The molecule has 98 valence electrons. The fourth-order valence-corrected chi connectivity index (χ4v) is 1.59. The van der Waals surface area contributed by atoms with Gasteiger partial charge in [0.15, 0.2) is 5.78 Å². The van der Waals surface area contributed by atoms with Gasteiger partial charge in [0, 0.05) is 6.07 Å². The van der Waals surface area contributed by atoms with E-state index in [0.29, 0.717) is 12.4 Å². The monoisotopic (exact) mass is 251 g/mol. The van der Waals surface area contributed by atoms with Crippen molar-refractivity contribution in [3.8, 4) is 5.75 Å². The minimum atomic E-state index is -0.558. The Morgan fingerprint density at radius 2 is 2.11 bits per heavy atom. The number of ether oxygens (including phenoxy) is 1. The average Bonchev–Trinajstić information content (AvgIpc) is 2.34. The number of ketones is 1. The molecule has 0 aliphatic carbocycles. The number of carbonyl (C=O) groups excluding carboxylic acids is 1. The van der Waals surface area contributed by atoms with Gasteiger partial charge in [0.25, 0.3) is 5.69 Å². The maximum absolute atomic E-state index is 11.3. The van der Waals surface area contributed by atoms with E-state index in [0.717, 1.165) is 19.3 Å². The molecule has 1 aromatic rings. The number of hydrogen-bond acceptors (Lipinski definition) is 4. The maximum atomic E-state index is 11.3. The van der Waals surface area contributed by atoms with Crippen molar-refractivity contribution in [3.63, 3.8) is 0 Å². The van der Waals surface area contributed by atoms with Gasteiger partial charge in [-0.2, -0.15) is 0 Å². The van der Waals surface area contributed by atoms with Gasteiger partial charge in [-0.05, 0) is 25.5 Å². The van der Waals surface area contributed by atoms with Crippen LogP contribution in [0.5, 0.6) is 5.75 Å². The van der Waals surface area contributed by atoms with Crippen LogP contribution < -0.4 is 4.74 Å². The first-order valence-electron chi connectivity index (χ1n) is 5.98. The van der Waals surface area contributed by atoms with Crippen LogP contribution in [0.25, 0.3) is 0 Å². The predicted molar refractivity (Wildman–Crippen MR) is 68.1 cm³/mol. The first-order valence-corrected chi connectivity index (χ1v) is 5.98. The largest absolute Gasteiger partial charge is 0.494 e. The molecule has 18 heavy (non-hydrogen) atoms. The van der Waals surface area contributed by atoms with Crippen LogP contribution >= 0.6 is 0 Å². The molecule has 0 aliphatic rings. The van der Waals surface area contributed by atoms with Crippen LogP contribution in [-0.4, -0.2) is 17.3 Å². The van der Waals surface area contributed by atoms with E-state index in [1.807, 2.05) is 0 Å². The first kappa shape index (κ1) is 14.2. The highest BCUT2D eigenvalue weighted by Gasteiger charge is 2.17. The van der Waals surface area contributed by atoms with Gasteiger partial charge < -0.3 is 4.74 Å². The molecule has 0 unspecified atom stereocenters. The number of nitrogens with zero attached hydrogens (tertiary/aromatic N) is 1. The molecule has 5 nitrogen and oxygen atoms in total. The lowest BCUT2D eigenvalue weighted by Gasteiger charge is -2.07. The van der Waals surface area contributed by atoms with Crippen molar-refractivity contribution >= 4 is 11.5 Å². The summed E-state index contributed by atoms with van der Waals surface area (Å²) < 4.78 is 5.46. The van der Waals surface area contributed by atoms with Crippen molar-refractivity contribution in [1.29, 1.82) is 0 Å². The van der Waals surface area contributed by atoms with Crippen LogP contribution in [0.15, 0.2) is 18.2 Å². The van der Waals surface area contributed by atoms with Crippen LogP contribution in [0, 0.1) is 10.1 Å². The van der Waals surface area contributed by atoms with Gasteiger partial charge >= 0.3 is 0 Å². The van der Waals surface area contributed by atoms with E-state index in [9.17, 15) is 14.9 Å². The van der Waals surface area contributed by atoms with Gasteiger partial charge in [0.2, 0.25) is 0 Å². The number of hydrogen-bond donors (Lipinski definition) is 0. The summed E-state index contributed by atoms with van der Waals surface area (Å²) in [4.78, 5) is 21.5. The van der Waals surface area contributed by atoms with Gasteiger partial charge in [0.05, 0.1) is 17.1 Å². The second kappa shape index (κ2) is 6.74. The molecule has 0 N–H and O–H groups in total. The number of benzene rings is 1. The average molecular weight is 251 g/mol. The van der Waals surface area contributed by atoms with Crippen LogP contribution in [0.1, 0.15) is 43.5 Å². The second-order valence-corrected chi connectivity index (χ2v) is 4.05. The number of carbonyl (C=O) groups is 1. The fourth-order valence-electron chi connectivity index (χ4n) is 1.59. The van der Waals surface area contributed by atoms with E-state index in [-0.39, 0.29) is 17.0 Å². The van der Waals surface area contributed by atoms with E-state index in [2.05, 4.69) is 6.92 Å². The summed E-state index contributed by atoms with van der Waals surface area (Å²) in [5.41, 5.74) is -0.0867. The topological polar surface area (TPSA) is 69.4 Å². The molecule has 0 saturated heterocycles. The van der Waals surface area contributed by atoms with Crippen molar-refractivity contribution in [1.82, 2.24) is 0 Å². The Hall–Kier alpha value is -1.91. The zero-order valence-corrected chi connectivity index (χ0v) is 10.6. The zero-order chi connectivity index (χ0) is 13.5. The number of nitro benzene ring substituents is 1. The molecule has 0 aromatic heterocycles. The minimum absolute atomic E-state index is 0.0907. The minimum Gasteiger partial charge on any atom is -0.494 e. The highest BCUT2D eigenvalue weighted by atomic mass is 16.6. The van der Waals surface area contributed by atoms with Gasteiger partial charge in [-0.1, -0.05) is 19.8 Å². The Balaban J connectivity index is 2.80. The van der Waals surface area contributed by atoms with Gasteiger partial charge in [-0.3, -0.25) is 14.9 Å². The Morgan fingerprint density at radius 1 is 1.39 bits per heavy atom. The summed E-state index contributed by atoms with van der Waals surface area (Å²) in [5.74, 6) is 0.169. The molecule has 0 heterocycles. The van der Waals surface area contributed by atoms with Crippen LogP contribution in [0.2, 0.25) is 0 Å². The molecule has 0 amide bonds. The second-order valence-electron chi connectivity index (χ2n) is 4.05. The van der Waals surface area contributed by atoms with E-state index >= 15 is 0 Å². The number of nitro groups is 1. The van der Waals surface area contributed by atoms with Crippen LogP contribution in [0.4, 0.5) is 5.69 Å². The van der Waals surface area contributed by atoms with Gasteiger partial charge in [0.1, 0.15) is 5.75 Å². The molecule has 0 fully saturated rings. The summed E-state index contributed by atoms with van der Waals surface area (Å²) in [6.45, 7) is 3.96. The van der Waals surface area contributed by atoms with Crippen molar-refractivity contribution in [2.45, 2.75) is 33.1 Å². The molecule has 1 rings (SSSR count). The zero-order valence-electron chi connectivity index (χ0n) is 10.6. The van der Waals surface area contributed by atoms with Crippen molar-refractivity contribution in [2.24, 2.45) is 0 Å². The summed E-state index contributed by atoms with van der Waals surface area (Å²) in [5, 5.41) is 10.7. The van der Waals surface area contributed by atoms with Crippen LogP contribution in [-0.2, 0) is 0 Å². The lowest BCUT2D eigenvalue weighted by Crippen LogP contribution is -2.02. The Morgan fingerprint density at radius 3 is 2.67 bits per heavy atom. The smallest absolute Gasteiger partial charge is 0.280 e. The first-order chi connectivity index (χ1) is 8.56. The van der Waals surface area contributed by atoms with E-state index in [4.69, 9.17) is 4.74 Å². The van der Waals surface area contributed by atoms with Crippen molar-refractivity contribution < 1.29 is 14.5 Å². The Labute approximate surface area is 106 Å². The summed E-state index contributed by atoms with van der Waals surface area (Å²) in [6, 6.07) is 4.27. The van der Waals surface area contributed by atoms with Gasteiger partial charge in [-0.15, -0.1) is 0 Å². The molecule has 5 heteroatoms. The highest BCUT2D eigenvalue weighted by molar-refractivity contribution is 5.98. The molecule has 0 atom stereocenters. The quantitative estimate of drug-likeness (QED) is 0.322. The van der Waals surface area contributed by atoms with Gasteiger partial charge in [-0.25, -0.2) is 0 Å². The third-order valence-electron chi connectivity index (χ3n) is 2.56. The molecular formula is C13H17NO4. The maximum Gasteiger partial charge on any atom is 0.280 e. The normalized spacial score (nSPS) is 10.1. The van der Waals surface area contributed by atoms with E-state index < -0.39 is 4.92 Å². The lowest BCUT2D eigenvalue weighted by atomic mass is 10.1. The summed E-state index contributed by atoms with van der Waals surface area (Å²) in [6.07, 6.45) is 3.11. The van der Waals surface area contributed by atoms with Crippen molar-refractivity contribution in [2.75, 3.05) is 6.61 Å². The summed E-state index contributed by atoms with van der Waals surface area (Å²) in [7, 11) is 0. The highest BCUT2D eigenvalue weighted by Crippen LogP contribution is 2.24. The van der Waals surface area contributed by atoms with E-state index in [1.54, 1.807) is 0 Å². The SMILES string of the molecule is CCCCCOc1ccc([N+](=O)[O-])c(C(C)=O)c1. The molecule has 1 aromatic carbocycles. The van der Waals surface area contributed by atoms with Crippen LogP contribution in [0.3, 0.4) is 0 Å². The summed E-state index contributed by atoms with van der Waals surface area (Å²) >= 11 is 0. The number of unbranched alkanes of at least 4 members (excludes halogenated alkanes) is 2. The Kier molecular flexibility index (Phi) is 5.30. The molecule has 0 saturated carbocycles. The Bertz CT molecular complexity index is 443. The third-order valence-corrected chi connectivity index (χ3v) is 2.56.